The van der Waals surface area contributed by atoms with Crippen molar-refractivity contribution >= 4 is 33.4 Å². The van der Waals surface area contributed by atoms with Crippen LogP contribution in [0.5, 0.6) is 0 Å². The monoisotopic (exact) mass is 484 g/mol. The Morgan fingerprint density at radius 2 is 2.09 bits per heavy atom. The highest BCUT2D eigenvalue weighted by molar-refractivity contribution is 7.20. The lowest BCUT2D eigenvalue weighted by molar-refractivity contribution is -0.112. The molecule has 5 rings (SSSR count). The number of hydrogen-bond donors (Lipinski definition) is 1. The fraction of sp³-hybridized carbons (Fsp3) is 0.391. The van der Waals surface area contributed by atoms with E-state index in [4.69, 9.17) is 10.7 Å². The number of likely N-dealkylation sites (tertiary alicyclic amines) is 1. The topological polar surface area (TPSA) is 108 Å². The second-order valence-electron chi connectivity index (χ2n) is 8.76. The number of alkyl halides is 2. The molecule has 4 heterocycles. The molecule has 34 heavy (non-hydrogen) atoms. The molecule has 2 N–H and O–H groups in total. The van der Waals surface area contributed by atoms with E-state index < -0.39 is 24.9 Å². The summed E-state index contributed by atoms with van der Waals surface area (Å²) in [6.07, 6.45) is 1.72. The number of anilines is 1. The summed E-state index contributed by atoms with van der Waals surface area (Å²) in [5.74, 6) is -2.98. The molecule has 2 aromatic heterocycles. The summed E-state index contributed by atoms with van der Waals surface area (Å²) in [5, 5.41) is 9.50. The van der Waals surface area contributed by atoms with Crippen LogP contribution in [0.3, 0.4) is 0 Å². The quantitative estimate of drug-likeness (QED) is 0.609. The lowest BCUT2D eigenvalue weighted by Gasteiger charge is -2.38. The van der Waals surface area contributed by atoms with Gasteiger partial charge in [0.2, 0.25) is 5.95 Å². The highest BCUT2D eigenvalue weighted by Gasteiger charge is 2.46. The molecule has 0 saturated carbocycles. The second-order valence-corrected chi connectivity index (χ2v) is 9.81. The van der Waals surface area contributed by atoms with Crippen molar-refractivity contribution < 1.29 is 13.6 Å². The molecule has 0 spiro atoms. The van der Waals surface area contributed by atoms with Crippen LogP contribution in [0.15, 0.2) is 35.1 Å². The van der Waals surface area contributed by atoms with Crippen molar-refractivity contribution in [2.45, 2.75) is 31.4 Å². The van der Waals surface area contributed by atoms with E-state index in [0.29, 0.717) is 35.7 Å². The number of aromatic nitrogens is 2. The third kappa shape index (κ3) is 4.03. The summed E-state index contributed by atoms with van der Waals surface area (Å²) < 4.78 is 28.3. The fourth-order valence-electron chi connectivity index (χ4n) is 4.43. The molecular formula is C23H22F2N6O2S. The maximum atomic E-state index is 13.6. The van der Waals surface area contributed by atoms with Crippen LogP contribution in [-0.4, -0.2) is 58.5 Å². The average molecular weight is 485 g/mol. The van der Waals surface area contributed by atoms with Crippen molar-refractivity contribution in [1.82, 2.24) is 14.5 Å². The zero-order chi connectivity index (χ0) is 24.0. The number of carbonyl (C=O) groups excluding carboxylic acids is 1. The molecule has 1 amide bonds. The van der Waals surface area contributed by atoms with E-state index in [1.54, 1.807) is 24.3 Å². The van der Waals surface area contributed by atoms with Crippen molar-refractivity contribution in [2.24, 2.45) is 5.73 Å². The Kier molecular flexibility index (Phi) is 5.58. The van der Waals surface area contributed by atoms with Gasteiger partial charge in [0, 0.05) is 19.1 Å². The van der Waals surface area contributed by atoms with Crippen LogP contribution in [0.1, 0.15) is 33.6 Å². The minimum Gasteiger partial charge on any atom is -0.341 e. The Hall–Kier alpha value is -3.36. The van der Waals surface area contributed by atoms with Gasteiger partial charge >= 0.3 is 0 Å². The Bertz CT molecular complexity index is 1370. The van der Waals surface area contributed by atoms with Gasteiger partial charge in [-0.2, -0.15) is 5.26 Å². The van der Waals surface area contributed by atoms with Crippen molar-refractivity contribution in [3.8, 4) is 6.07 Å². The Morgan fingerprint density at radius 1 is 1.32 bits per heavy atom. The smallest absolute Gasteiger partial charge is 0.282 e. The van der Waals surface area contributed by atoms with E-state index in [1.165, 1.54) is 10.6 Å². The number of carbonyl (C=O) groups is 1. The highest BCUT2D eigenvalue weighted by atomic mass is 32.1. The van der Waals surface area contributed by atoms with E-state index in [0.717, 1.165) is 29.1 Å². The van der Waals surface area contributed by atoms with E-state index in [9.17, 15) is 23.6 Å². The zero-order valence-corrected chi connectivity index (χ0v) is 19.0. The van der Waals surface area contributed by atoms with Gasteiger partial charge in [0.25, 0.3) is 17.4 Å². The molecule has 11 heteroatoms. The van der Waals surface area contributed by atoms with Crippen LogP contribution in [0.4, 0.5) is 14.7 Å². The molecule has 2 aliphatic heterocycles. The molecule has 1 unspecified atom stereocenters. The lowest BCUT2D eigenvalue weighted by atomic mass is 10.1. The molecule has 0 radical (unpaired) electrons. The predicted octanol–water partition coefficient (Wildman–Crippen LogP) is 2.40. The molecule has 0 bridgehead atoms. The number of amides is 1. The highest BCUT2D eigenvalue weighted by Crippen LogP contribution is 2.31. The first-order valence-corrected chi connectivity index (χ1v) is 11.8. The first-order chi connectivity index (χ1) is 16.3. The molecule has 8 nitrogen and oxygen atoms in total. The molecule has 3 aromatic rings. The van der Waals surface area contributed by atoms with Gasteiger partial charge in [-0.25, -0.2) is 13.8 Å². The summed E-state index contributed by atoms with van der Waals surface area (Å²) >= 11 is 0.960. The first-order valence-electron chi connectivity index (χ1n) is 11.0. The molecule has 2 saturated heterocycles. The van der Waals surface area contributed by atoms with Gasteiger partial charge in [0.1, 0.15) is 4.70 Å². The number of nitrogens with two attached hydrogens (primary N) is 1. The summed E-state index contributed by atoms with van der Waals surface area (Å²) in [4.78, 5) is 34.3. The van der Waals surface area contributed by atoms with Crippen molar-refractivity contribution in [3.05, 3.63) is 56.7 Å². The molecule has 1 atom stereocenters. The number of piperidine rings is 1. The number of halogens is 2. The molecule has 2 fully saturated rings. The number of fused-ring (bicyclic) bond motifs is 1. The summed E-state index contributed by atoms with van der Waals surface area (Å²) in [7, 11) is 0. The summed E-state index contributed by atoms with van der Waals surface area (Å²) in [6, 6.07) is 10.6. The normalized spacial score (nSPS) is 19.6. The Balaban J connectivity index is 1.60. The number of nitrogens with zero attached hydrogens (tertiary/aromatic N) is 5. The molecule has 0 aliphatic carbocycles. The minimum absolute atomic E-state index is 0.0612. The maximum absolute atomic E-state index is 13.6. The number of benzene rings is 1. The van der Waals surface area contributed by atoms with Gasteiger partial charge in [-0.1, -0.05) is 18.2 Å². The minimum atomic E-state index is -2.87. The van der Waals surface area contributed by atoms with E-state index in [1.807, 2.05) is 4.90 Å². The van der Waals surface area contributed by atoms with Crippen molar-refractivity contribution in [3.63, 3.8) is 0 Å². The van der Waals surface area contributed by atoms with Crippen LogP contribution >= 0.6 is 11.3 Å². The van der Waals surface area contributed by atoms with Crippen LogP contribution in [-0.2, 0) is 6.54 Å². The number of hydrogen-bond acceptors (Lipinski definition) is 7. The Labute approximate surface area is 197 Å². The third-order valence-electron chi connectivity index (χ3n) is 6.16. The number of nitriles is 1. The van der Waals surface area contributed by atoms with Gasteiger partial charge in [0.05, 0.1) is 41.7 Å². The van der Waals surface area contributed by atoms with Crippen LogP contribution in [0.25, 0.3) is 10.2 Å². The van der Waals surface area contributed by atoms with Crippen LogP contribution in [0.2, 0.25) is 0 Å². The average Bonchev–Trinajstić information content (AvgIpc) is 3.23. The van der Waals surface area contributed by atoms with Crippen LogP contribution in [0, 0.1) is 11.3 Å². The molecule has 176 valence electrons. The SMILES string of the molecule is N#Cc1ccccc1Cn1c(N2CCCC(N)C2)nc2cc(C(=O)N3CC(F)(F)C3)sc2c1=O. The first kappa shape index (κ1) is 22.4. The van der Waals surface area contributed by atoms with Crippen molar-refractivity contribution in [1.29, 1.82) is 5.26 Å². The van der Waals surface area contributed by atoms with Gasteiger partial charge < -0.3 is 15.5 Å². The predicted molar refractivity (Wildman–Crippen MR) is 124 cm³/mol. The van der Waals surface area contributed by atoms with Gasteiger partial charge in [-0.3, -0.25) is 14.2 Å². The maximum Gasteiger partial charge on any atom is 0.282 e. The van der Waals surface area contributed by atoms with Gasteiger partial charge in [-0.05, 0) is 30.5 Å². The van der Waals surface area contributed by atoms with Gasteiger partial charge in [-0.15, -0.1) is 11.3 Å². The van der Waals surface area contributed by atoms with E-state index >= 15 is 0 Å². The molecule has 1 aromatic carbocycles. The van der Waals surface area contributed by atoms with Crippen molar-refractivity contribution in [2.75, 3.05) is 31.1 Å². The summed E-state index contributed by atoms with van der Waals surface area (Å²) in [5.41, 5.74) is 7.31. The van der Waals surface area contributed by atoms with E-state index in [2.05, 4.69) is 6.07 Å². The number of rotatable bonds is 4. The third-order valence-corrected chi connectivity index (χ3v) is 7.26. The largest absolute Gasteiger partial charge is 0.341 e. The van der Waals surface area contributed by atoms with Crippen LogP contribution < -0.4 is 16.2 Å². The zero-order valence-electron chi connectivity index (χ0n) is 18.2. The molecular weight excluding hydrogens is 462 g/mol. The van der Waals surface area contributed by atoms with E-state index in [-0.39, 0.29) is 27.7 Å². The standard InChI is InChI=1S/C23H22F2N6O2S/c24-23(25)12-30(13-23)20(32)18-8-17-19(34-18)21(33)31(10-15-5-2-1-4-14(15)9-26)22(28-17)29-7-3-6-16(27)11-29/h1-2,4-5,8,16H,3,6-7,10-13,27H2. The second kappa shape index (κ2) is 8.45. The van der Waals surface area contributed by atoms with Gasteiger partial charge in [0.15, 0.2) is 0 Å². The molecule has 2 aliphatic rings. The number of thiophene rings is 1. The fourth-order valence-corrected chi connectivity index (χ4v) is 5.44. The summed E-state index contributed by atoms with van der Waals surface area (Å²) in [6.45, 7) is 0.0757. The Morgan fingerprint density at radius 3 is 2.79 bits per heavy atom. The lowest BCUT2D eigenvalue weighted by Crippen LogP contribution is -2.58.